The summed E-state index contributed by atoms with van der Waals surface area (Å²) in [5.74, 6) is 1.11. The molecule has 0 aliphatic heterocycles. The number of rotatable bonds is 4. The maximum atomic E-state index is 6.24. The maximum Gasteiger partial charge on any atom is 0.237 e. The molecule has 2 aromatic rings. The first kappa shape index (κ1) is 13.8. The van der Waals surface area contributed by atoms with Crippen LogP contribution in [0.2, 0.25) is 0 Å². The molecule has 0 saturated carbocycles. The normalized spacial score (nSPS) is 12.0. The maximum absolute atomic E-state index is 6.24. The number of halogens is 1. The Morgan fingerprint density at radius 1 is 1.16 bits per heavy atom. The van der Waals surface area contributed by atoms with Crippen molar-refractivity contribution in [3.05, 3.63) is 46.3 Å². The van der Waals surface area contributed by atoms with Crippen LogP contribution in [0.5, 0.6) is 11.6 Å². The molecule has 1 aromatic heterocycles. The van der Waals surface area contributed by atoms with E-state index in [0.717, 1.165) is 10.0 Å². The summed E-state index contributed by atoms with van der Waals surface area (Å²) in [6.45, 7) is 0. The minimum absolute atomic E-state index is 0.417. The van der Waals surface area contributed by atoms with E-state index in [2.05, 4.69) is 25.9 Å². The van der Waals surface area contributed by atoms with E-state index >= 15 is 0 Å². The van der Waals surface area contributed by atoms with E-state index in [9.17, 15) is 0 Å². The van der Waals surface area contributed by atoms with Crippen LogP contribution in [0.3, 0.4) is 0 Å². The Kier molecular flexibility index (Phi) is 4.34. The van der Waals surface area contributed by atoms with Gasteiger partial charge in [0.15, 0.2) is 0 Å². The van der Waals surface area contributed by atoms with Gasteiger partial charge in [-0.2, -0.15) is 0 Å². The molecule has 6 heteroatoms. The number of hydrogen-bond acceptors (Lipinski definition) is 5. The van der Waals surface area contributed by atoms with Crippen molar-refractivity contribution in [1.29, 1.82) is 0 Å². The molecule has 1 unspecified atom stereocenters. The highest BCUT2D eigenvalue weighted by molar-refractivity contribution is 9.10. The molecule has 1 heterocycles. The Balaban J connectivity index is 2.46. The van der Waals surface area contributed by atoms with Gasteiger partial charge in [0.1, 0.15) is 11.4 Å². The Labute approximate surface area is 119 Å². The highest BCUT2D eigenvalue weighted by Gasteiger charge is 2.20. The zero-order valence-electron chi connectivity index (χ0n) is 10.6. The zero-order chi connectivity index (χ0) is 13.8. The van der Waals surface area contributed by atoms with Gasteiger partial charge in [0, 0.05) is 22.4 Å². The number of benzene rings is 1. The predicted molar refractivity (Wildman–Crippen MR) is 75.3 cm³/mol. The van der Waals surface area contributed by atoms with E-state index in [1.54, 1.807) is 26.6 Å². The topological polar surface area (TPSA) is 70.3 Å². The highest BCUT2D eigenvalue weighted by atomic mass is 79.9. The molecule has 1 aromatic carbocycles. The number of hydrogen-bond donors (Lipinski definition) is 1. The number of nitrogens with two attached hydrogens (primary N) is 1. The molecule has 1 atom stereocenters. The Hall–Kier alpha value is -1.66. The molecule has 0 spiro atoms. The van der Waals surface area contributed by atoms with Gasteiger partial charge < -0.3 is 15.2 Å². The van der Waals surface area contributed by atoms with Crippen molar-refractivity contribution in [2.24, 2.45) is 5.73 Å². The molecule has 5 nitrogen and oxygen atoms in total. The van der Waals surface area contributed by atoms with Crippen LogP contribution in [0, 0.1) is 0 Å². The number of ether oxygens (including phenoxy) is 2. The van der Waals surface area contributed by atoms with Gasteiger partial charge in [-0.25, -0.2) is 4.98 Å². The molecule has 0 radical (unpaired) electrons. The van der Waals surface area contributed by atoms with Gasteiger partial charge in [-0.05, 0) is 12.1 Å². The van der Waals surface area contributed by atoms with Crippen LogP contribution in [0.25, 0.3) is 0 Å². The second-order valence-corrected chi connectivity index (χ2v) is 4.73. The lowest BCUT2D eigenvalue weighted by atomic mass is 10.0. The standard InChI is InChI=1S/C13H14BrN3O2/c1-18-10-7-8(14)3-4-9(10)11(15)12-13(19-2)17-6-5-16-12/h3-7,11H,15H2,1-2H3. The van der Waals surface area contributed by atoms with Crippen LogP contribution >= 0.6 is 15.9 Å². The monoisotopic (exact) mass is 323 g/mol. The smallest absolute Gasteiger partial charge is 0.237 e. The molecule has 0 aliphatic rings. The summed E-state index contributed by atoms with van der Waals surface area (Å²) >= 11 is 3.40. The van der Waals surface area contributed by atoms with Crippen LogP contribution in [0.15, 0.2) is 35.1 Å². The molecule has 0 aliphatic carbocycles. The molecule has 2 rings (SSSR count). The van der Waals surface area contributed by atoms with E-state index in [0.29, 0.717) is 17.3 Å². The summed E-state index contributed by atoms with van der Waals surface area (Å²) in [4.78, 5) is 8.35. The van der Waals surface area contributed by atoms with Gasteiger partial charge >= 0.3 is 0 Å². The minimum Gasteiger partial charge on any atom is -0.496 e. The summed E-state index contributed by atoms with van der Waals surface area (Å²) in [7, 11) is 3.14. The van der Waals surface area contributed by atoms with Crippen LogP contribution in [-0.4, -0.2) is 24.2 Å². The number of aromatic nitrogens is 2. The average Bonchev–Trinajstić information content (AvgIpc) is 2.46. The fraction of sp³-hybridized carbons (Fsp3) is 0.231. The SMILES string of the molecule is COc1cc(Br)ccc1C(N)c1nccnc1OC. The molecule has 19 heavy (non-hydrogen) atoms. The van der Waals surface area contributed by atoms with E-state index in [1.807, 2.05) is 18.2 Å². The lowest BCUT2D eigenvalue weighted by Gasteiger charge is -2.16. The average molecular weight is 324 g/mol. The lowest BCUT2D eigenvalue weighted by molar-refractivity contribution is 0.384. The number of nitrogens with zero attached hydrogens (tertiary/aromatic N) is 2. The second-order valence-electron chi connectivity index (χ2n) is 3.81. The van der Waals surface area contributed by atoms with Crippen LogP contribution < -0.4 is 15.2 Å². The van der Waals surface area contributed by atoms with E-state index in [1.165, 1.54) is 0 Å². The summed E-state index contributed by atoms with van der Waals surface area (Å²) < 4.78 is 11.4. The van der Waals surface area contributed by atoms with Gasteiger partial charge in [-0.1, -0.05) is 22.0 Å². The van der Waals surface area contributed by atoms with E-state index in [-0.39, 0.29) is 0 Å². The molecular weight excluding hydrogens is 310 g/mol. The quantitative estimate of drug-likeness (QED) is 0.934. The van der Waals surface area contributed by atoms with Gasteiger partial charge in [-0.15, -0.1) is 0 Å². The minimum atomic E-state index is -0.466. The number of methoxy groups -OCH3 is 2. The van der Waals surface area contributed by atoms with E-state index in [4.69, 9.17) is 15.2 Å². The van der Waals surface area contributed by atoms with Crippen molar-refractivity contribution >= 4 is 15.9 Å². The molecule has 2 N–H and O–H groups in total. The van der Waals surface area contributed by atoms with Crippen LogP contribution in [-0.2, 0) is 0 Å². The van der Waals surface area contributed by atoms with Crippen molar-refractivity contribution in [2.45, 2.75) is 6.04 Å². The van der Waals surface area contributed by atoms with Crippen LogP contribution in [0.4, 0.5) is 0 Å². The third-order valence-electron chi connectivity index (χ3n) is 2.71. The Bertz CT molecular complexity index is 578. The van der Waals surface area contributed by atoms with Crippen molar-refractivity contribution in [2.75, 3.05) is 14.2 Å². The second kappa shape index (κ2) is 5.99. The van der Waals surface area contributed by atoms with Gasteiger partial charge in [0.25, 0.3) is 0 Å². The largest absolute Gasteiger partial charge is 0.496 e. The van der Waals surface area contributed by atoms with E-state index < -0.39 is 6.04 Å². The van der Waals surface area contributed by atoms with Crippen molar-refractivity contribution in [1.82, 2.24) is 9.97 Å². The first-order valence-electron chi connectivity index (χ1n) is 5.61. The van der Waals surface area contributed by atoms with Gasteiger partial charge in [-0.3, -0.25) is 4.98 Å². The predicted octanol–water partition coefficient (Wildman–Crippen LogP) is 2.30. The molecule has 0 amide bonds. The first-order chi connectivity index (χ1) is 9.17. The Morgan fingerprint density at radius 3 is 2.58 bits per heavy atom. The third kappa shape index (κ3) is 2.85. The van der Waals surface area contributed by atoms with Gasteiger partial charge in [0.05, 0.1) is 20.3 Å². The summed E-state index contributed by atoms with van der Waals surface area (Å²) in [6.07, 6.45) is 3.15. The summed E-state index contributed by atoms with van der Waals surface area (Å²) in [6, 6.07) is 5.19. The van der Waals surface area contributed by atoms with Crippen molar-refractivity contribution < 1.29 is 9.47 Å². The molecule has 0 saturated heterocycles. The fourth-order valence-electron chi connectivity index (χ4n) is 1.80. The molecule has 0 bridgehead atoms. The Morgan fingerprint density at radius 2 is 1.89 bits per heavy atom. The van der Waals surface area contributed by atoms with Crippen molar-refractivity contribution in [3.8, 4) is 11.6 Å². The summed E-state index contributed by atoms with van der Waals surface area (Å²) in [5, 5.41) is 0. The van der Waals surface area contributed by atoms with Crippen molar-refractivity contribution in [3.63, 3.8) is 0 Å². The first-order valence-corrected chi connectivity index (χ1v) is 6.40. The zero-order valence-corrected chi connectivity index (χ0v) is 12.2. The third-order valence-corrected chi connectivity index (χ3v) is 3.20. The van der Waals surface area contributed by atoms with Crippen LogP contribution in [0.1, 0.15) is 17.3 Å². The fourth-order valence-corrected chi connectivity index (χ4v) is 2.14. The summed E-state index contributed by atoms with van der Waals surface area (Å²) in [5.41, 5.74) is 7.64. The molecule has 0 fully saturated rings. The highest BCUT2D eigenvalue weighted by Crippen LogP contribution is 2.32. The lowest BCUT2D eigenvalue weighted by Crippen LogP contribution is -2.16. The molecule has 100 valence electrons. The molecular formula is C13H14BrN3O2. The van der Waals surface area contributed by atoms with Gasteiger partial charge in [0.2, 0.25) is 5.88 Å².